The normalized spacial score (nSPS) is 23.5. The smallest absolute Gasteiger partial charge is 0.328 e. The predicted octanol–water partition coefficient (Wildman–Crippen LogP) is 5.90. The van der Waals surface area contributed by atoms with Crippen LogP contribution in [0.2, 0.25) is 0 Å². The molecule has 170 valence electrons. The fourth-order valence-corrected chi connectivity index (χ4v) is 6.18. The molecule has 5 nitrogen and oxygen atoms in total. The first-order valence-electron chi connectivity index (χ1n) is 12.4. The molecule has 1 aliphatic carbocycles. The van der Waals surface area contributed by atoms with Crippen LogP contribution < -0.4 is 0 Å². The Balaban J connectivity index is 1.49. The monoisotopic (exact) mass is 441 g/mol. The number of imide groups is 1. The number of hydrogen-bond acceptors (Lipinski definition) is 2. The zero-order valence-electron chi connectivity index (χ0n) is 19.4. The quantitative estimate of drug-likeness (QED) is 0.514. The van der Waals surface area contributed by atoms with Crippen molar-refractivity contribution >= 4 is 22.8 Å². The molecule has 3 heterocycles. The number of benzene rings is 2. The van der Waals surface area contributed by atoms with Crippen molar-refractivity contribution in [2.45, 2.75) is 76.4 Å². The van der Waals surface area contributed by atoms with E-state index < -0.39 is 6.04 Å². The zero-order chi connectivity index (χ0) is 22.7. The molecule has 5 heteroatoms. The summed E-state index contributed by atoms with van der Waals surface area (Å²) in [4.78, 5) is 34.7. The lowest BCUT2D eigenvalue weighted by Crippen LogP contribution is -2.44. The maximum Gasteiger partial charge on any atom is 0.328 e. The van der Waals surface area contributed by atoms with Gasteiger partial charge in [-0.05, 0) is 41.5 Å². The van der Waals surface area contributed by atoms with Crippen LogP contribution in [0.25, 0.3) is 10.9 Å². The summed E-state index contributed by atoms with van der Waals surface area (Å²) in [5, 5.41) is 1.16. The van der Waals surface area contributed by atoms with Crippen molar-refractivity contribution in [3.8, 4) is 0 Å². The lowest BCUT2D eigenvalue weighted by molar-refractivity contribution is -0.130. The first-order chi connectivity index (χ1) is 16.0. The van der Waals surface area contributed by atoms with E-state index in [9.17, 15) is 9.59 Å². The van der Waals surface area contributed by atoms with Gasteiger partial charge in [-0.1, -0.05) is 75.6 Å². The SMILES string of the molecule is CC(C)c1ccc(C2c3[nH]c4ccccc4c3C[C@H]3C(=O)N(C4CCCCC4)C(=O)N23)cc1. The van der Waals surface area contributed by atoms with Gasteiger partial charge in [0.2, 0.25) is 0 Å². The maximum atomic E-state index is 13.9. The molecule has 3 aliphatic rings. The van der Waals surface area contributed by atoms with Crippen LogP contribution in [-0.4, -0.2) is 38.8 Å². The summed E-state index contributed by atoms with van der Waals surface area (Å²) in [6, 6.07) is 16.1. The fourth-order valence-electron chi connectivity index (χ4n) is 6.18. The molecule has 2 atom stereocenters. The van der Waals surface area contributed by atoms with E-state index in [2.05, 4.69) is 55.2 Å². The fraction of sp³-hybridized carbons (Fsp3) is 0.429. The van der Waals surface area contributed by atoms with E-state index in [1.807, 2.05) is 17.0 Å². The number of aromatic nitrogens is 1. The average molecular weight is 442 g/mol. The largest absolute Gasteiger partial charge is 0.356 e. The van der Waals surface area contributed by atoms with Crippen molar-refractivity contribution in [1.29, 1.82) is 0 Å². The van der Waals surface area contributed by atoms with Crippen molar-refractivity contribution in [3.05, 3.63) is 70.9 Å². The molecule has 3 aromatic rings. The van der Waals surface area contributed by atoms with Crippen LogP contribution >= 0.6 is 0 Å². The van der Waals surface area contributed by atoms with Gasteiger partial charge in [0.1, 0.15) is 12.1 Å². The van der Waals surface area contributed by atoms with Crippen LogP contribution in [0, 0.1) is 0 Å². The Labute approximate surface area is 194 Å². The highest BCUT2D eigenvalue weighted by Gasteiger charge is 2.54. The number of para-hydroxylation sites is 1. The van der Waals surface area contributed by atoms with E-state index in [-0.39, 0.29) is 24.0 Å². The van der Waals surface area contributed by atoms with Gasteiger partial charge in [0.25, 0.3) is 5.91 Å². The van der Waals surface area contributed by atoms with Gasteiger partial charge in [0.05, 0.1) is 0 Å². The van der Waals surface area contributed by atoms with Crippen molar-refractivity contribution < 1.29 is 9.59 Å². The van der Waals surface area contributed by atoms with E-state index in [1.54, 1.807) is 4.90 Å². The van der Waals surface area contributed by atoms with Crippen molar-refractivity contribution in [2.75, 3.05) is 0 Å². The third kappa shape index (κ3) is 3.12. The topological polar surface area (TPSA) is 56.4 Å². The number of urea groups is 1. The predicted molar refractivity (Wildman–Crippen MR) is 129 cm³/mol. The summed E-state index contributed by atoms with van der Waals surface area (Å²) in [6.45, 7) is 4.37. The Morgan fingerprint density at radius 1 is 0.939 bits per heavy atom. The highest BCUT2D eigenvalue weighted by atomic mass is 16.2. The summed E-state index contributed by atoms with van der Waals surface area (Å²) >= 11 is 0. The summed E-state index contributed by atoms with van der Waals surface area (Å²) in [6.07, 6.45) is 5.82. The molecule has 6 rings (SSSR count). The molecule has 1 saturated carbocycles. The minimum absolute atomic E-state index is 0.00775. The molecule has 1 saturated heterocycles. The molecule has 2 fully saturated rings. The molecule has 2 aromatic carbocycles. The second kappa shape index (κ2) is 7.75. The standard InChI is InChI=1S/C28H31N3O2/c1-17(2)18-12-14-19(15-13-18)26-25-22(21-10-6-7-11-23(21)29-25)16-24-27(32)30(28(33)31(24)26)20-8-4-3-5-9-20/h6-7,10-15,17,20,24,26,29H,3-5,8-9,16H2,1-2H3/t24-,26?/m0/s1. The Morgan fingerprint density at radius 2 is 1.67 bits per heavy atom. The number of hydrogen-bond donors (Lipinski definition) is 1. The number of nitrogens with zero attached hydrogens (tertiary/aromatic N) is 2. The van der Waals surface area contributed by atoms with Gasteiger partial charge >= 0.3 is 6.03 Å². The van der Waals surface area contributed by atoms with E-state index in [0.717, 1.165) is 47.8 Å². The van der Waals surface area contributed by atoms with Gasteiger partial charge in [0, 0.05) is 29.1 Å². The minimum atomic E-state index is -0.430. The first-order valence-corrected chi connectivity index (χ1v) is 12.4. The van der Waals surface area contributed by atoms with Gasteiger partial charge in [0.15, 0.2) is 0 Å². The lowest BCUT2D eigenvalue weighted by Gasteiger charge is -2.36. The van der Waals surface area contributed by atoms with Crippen LogP contribution in [0.15, 0.2) is 48.5 Å². The van der Waals surface area contributed by atoms with E-state index >= 15 is 0 Å². The number of rotatable bonds is 3. The van der Waals surface area contributed by atoms with Gasteiger partial charge in [-0.15, -0.1) is 0 Å². The highest BCUT2D eigenvalue weighted by Crippen LogP contribution is 2.45. The van der Waals surface area contributed by atoms with Crippen LogP contribution in [0.3, 0.4) is 0 Å². The number of aromatic amines is 1. The van der Waals surface area contributed by atoms with Crippen LogP contribution in [0.1, 0.15) is 80.3 Å². The number of nitrogens with one attached hydrogen (secondary N) is 1. The molecule has 2 aliphatic heterocycles. The number of carbonyl (C=O) groups excluding carboxylic acids is 2. The van der Waals surface area contributed by atoms with E-state index in [4.69, 9.17) is 0 Å². The van der Waals surface area contributed by atoms with Crippen LogP contribution in [0.5, 0.6) is 0 Å². The number of carbonyl (C=O) groups is 2. The lowest BCUT2D eigenvalue weighted by atomic mass is 9.88. The number of fused-ring (bicyclic) bond motifs is 4. The average Bonchev–Trinajstić information content (AvgIpc) is 3.33. The molecular weight excluding hydrogens is 410 g/mol. The van der Waals surface area contributed by atoms with E-state index in [1.165, 1.54) is 17.5 Å². The Bertz CT molecular complexity index is 1220. The van der Waals surface area contributed by atoms with E-state index in [0.29, 0.717) is 12.3 Å². The summed E-state index contributed by atoms with van der Waals surface area (Å²) in [5.74, 6) is 0.435. The second-order valence-electron chi connectivity index (χ2n) is 10.2. The molecule has 3 amide bonds. The molecule has 0 radical (unpaired) electrons. The minimum Gasteiger partial charge on any atom is -0.356 e. The van der Waals surface area contributed by atoms with Crippen molar-refractivity contribution in [2.24, 2.45) is 0 Å². The molecule has 1 unspecified atom stereocenters. The van der Waals surface area contributed by atoms with Crippen molar-refractivity contribution in [1.82, 2.24) is 14.8 Å². The molecule has 1 N–H and O–H groups in total. The van der Waals surface area contributed by atoms with Crippen LogP contribution in [-0.2, 0) is 11.2 Å². The number of amides is 3. The second-order valence-corrected chi connectivity index (χ2v) is 10.2. The Morgan fingerprint density at radius 3 is 2.39 bits per heavy atom. The van der Waals surface area contributed by atoms with Gasteiger partial charge in [-0.3, -0.25) is 14.6 Å². The third-order valence-electron chi connectivity index (χ3n) is 7.94. The zero-order valence-corrected chi connectivity index (χ0v) is 19.4. The molecule has 0 bridgehead atoms. The van der Waals surface area contributed by atoms with Gasteiger partial charge in [-0.25, -0.2) is 4.79 Å². The first kappa shape index (κ1) is 20.5. The number of H-pyrrole nitrogens is 1. The summed E-state index contributed by atoms with van der Waals surface area (Å²) in [5.41, 5.74) is 5.63. The van der Waals surface area contributed by atoms with Gasteiger partial charge in [-0.2, -0.15) is 0 Å². The molecule has 1 aromatic heterocycles. The maximum absolute atomic E-state index is 13.9. The molecule has 0 spiro atoms. The Hall–Kier alpha value is -3.08. The highest BCUT2D eigenvalue weighted by molar-refractivity contribution is 6.06. The Kier molecular flexibility index (Phi) is 4.82. The van der Waals surface area contributed by atoms with Crippen LogP contribution in [0.4, 0.5) is 4.79 Å². The summed E-state index contributed by atoms with van der Waals surface area (Å²) < 4.78 is 0. The third-order valence-corrected chi connectivity index (χ3v) is 7.94. The molecule has 33 heavy (non-hydrogen) atoms. The molecular formula is C28H31N3O2. The van der Waals surface area contributed by atoms with Gasteiger partial charge < -0.3 is 4.98 Å². The summed E-state index contributed by atoms with van der Waals surface area (Å²) in [7, 11) is 0. The van der Waals surface area contributed by atoms with Crippen molar-refractivity contribution in [3.63, 3.8) is 0 Å².